The van der Waals surface area contributed by atoms with Gasteiger partial charge in [-0.1, -0.05) is 22.9 Å². The number of carbonyl (C=O) groups excluding carboxylic acids is 1. The van der Waals surface area contributed by atoms with E-state index < -0.39 is 5.91 Å². The number of benzene rings is 1. The van der Waals surface area contributed by atoms with Crippen LogP contribution in [0, 0.1) is 6.92 Å². The van der Waals surface area contributed by atoms with Gasteiger partial charge >= 0.3 is 0 Å². The van der Waals surface area contributed by atoms with Crippen molar-refractivity contribution in [3.05, 3.63) is 47.2 Å². The van der Waals surface area contributed by atoms with Crippen LogP contribution >= 0.6 is 34.5 Å². The van der Waals surface area contributed by atoms with Crippen molar-refractivity contribution in [1.82, 2.24) is 15.0 Å². The molecule has 134 valence electrons. The molecular weight excluding hydrogens is 395 g/mol. The minimum absolute atomic E-state index is 0.215. The van der Waals surface area contributed by atoms with Crippen LogP contribution in [-0.4, -0.2) is 26.7 Å². The molecule has 2 heterocycles. The number of hydrogen-bond donors (Lipinski definition) is 2. The number of aryl methyl sites for hydroxylation is 1. The molecule has 0 saturated carbocycles. The Hall–Kier alpha value is -2.26. The number of carbonyl (C=O) groups is 1. The Kier molecular flexibility index (Phi) is 5.67. The van der Waals surface area contributed by atoms with E-state index in [2.05, 4.69) is 20.3 Å². The lowest BCUT2D eigenvalue weighted by Crippen LogP contribution is -2.38. The van der Waals surface area contributed by atoms with E-state index in [-0.39, 0.29) is 5.88 Å². The predicted octanol–water partition coefficient (Wildman–Crippen LogP) is 3.75. The highest BCUT2D eigenvalue weighted by atomic mass is 35.5. The van der Waals surface area contributed by atoms with E-state index >= 15 is 0 Å². The fourth-order valence-electron chi connectivity index (χ4n) is 2.10. The SMILES string of the molecule is Cc1nc(N(N)C(=O)CCl)sc1-c1ccnc(Nc2ccc(Cl)cc2)n1. The Bertz CT molecular complexity index is 931. The largest absolute Gasteiger partial charge is 0.324 e. The van der Waals surface area contributed by atoms with E-state index in [1.54, 1.807) is 24.4 Å². The summed E-state index contributed by atoms with van der Waals surface area (Å²) >= 11 is 12.7. The van der Waals surface area contributed by atoms with Crippen molar-refractivity contribution in [3.8, 4) is 10.6 Å². The third-order valence-corrected chi connectivity index (χ3v) is 5.02. The van der Waals surface area contributed by atoms with E-state index in [1.807, 2.05) is 19.1 Å². The summed E-state index contributed by atoms with van der Waals surface area (Å²) in [4.78, 5) is 25.5. The van der Waals surface area contributed by atoms with Crippen LogP contribution in [0.25, 0.3) is 10.6 Å². The zero-order valence-electron chi connectivity index (χ0n) is 13.6. The minimum atomic E-state index is -0.431. The number of anilines is 3. The molecule has 0 saturated heterocycles. The van der Waals surface area contributed by atoms with Gasteiger partial charge in [0.2, 0.25) is 11.1 Å². The third kappa shape index (κ3) is 4.10. The number of halogens is 2. The molecule has 10 heteroatoms. The molecule has 0 radical (unpaired) electrons. The van der Waals surface area contributed by atoms with E-state index in [1.165, 1.54) is 11.3 Å². The van der Waals surface area contributed by atoms with Crippen molar-refractivity contribution in [2.24, 2.45) is 5.84 Å². The molecule has 0 spiro atoms. The van der Waals surface area contributed by atoms with Gasteiger partial charge in [-0.15, -0.1) is 11.6 Å². The number of aromatic nitrogens is 3. The Morgan fingerprint density at radius 1 is 1.27 bits per heavy atom. The topological polar surface area (TPSA) is 97.0 Å². The lowest BCUT2D eigenvalue weighted by Gasteiger charge is -2.10. The van der Waals surface area contributed by atoms with Gasteiger partial charge in [0.05, 0.1) is 16.3 Å². The molecule has 1 amide bonds. The Labute approximate surface area is 163 Å². The van der Waals surface area contributed by atoms with Gasteiger partial charge in [-0.2, -0.15) is 0 Å². The molecule has 3 rings (SSSR count). The molecule has 7 nitrogen and oxygen atoms in total. The van der Waals surface area contributed by atoms with Gasteiger partial charge in [0.1, 0.15) is 5.88 Å². The molecule has 3 aromatic rings. The summed E-state index contributed by atoms with van der Waals surface area (Å²) < 4.78 is 0. The number of rotatable bonds is 5. The highest BCUT2D eigenvalue weighted by molar-refractivity contribution is 7.19. The number of hydrogen-bond acceptors (Lipinski definition) is 7. The standard InChI is InChI=1S/C16H14Cl2N6OS/c1-9-14(26-16(21-9)24(19)13(25)8-17)12-6-7-20-15(23-12)22-11-4-2-10(18)3-5-11/h2-7H,8,19H2,1H3,(H,20,22,23). The smallest absolute Gasteiger partial charge is 0.258 e. The Balaban J connectivity index is 1.87. The van der Waals surface area contributed by atoms with Gasteiger partial charge in [-0.3, -0.25) is 4.79 Å². The fourth-order valence-corrected chi connectivity index (χ4v) is 3.33. The summed E-state index contributed by atoms with van der Waals surface area (Å²) in [6.07, 6.45) is 1.64. The first-order valence-electron chi connectivity index (χ1n) is 7.45. The maximum Gasteiger partial charge on any atom is 0.258 e. The van der Waals surface area contributed by atoms with Crippen LogP contribution in [0.5, 0.6) is 0 Å². The lowest BCUT2D eigenvalue weighted by atomic mass is 10.3. The molecule has 3 N–H and O–H groups in total. The van der Waals surface area contributed by atoms with Crippen molar-refractivity contribution in [2.45, 2.75) is 6.92 Å². The number of amides is 1. The van der Waals surface area contributed by atoms with E-state index in [0.29, 0.717) is 27.5 Å². The van der Waals surface area contributed by atoms with Crippen molar-refractivity contribution in [1.29, 1.82) is 0 Å². The van der Waals surface area contributed by atoms with Crippen molar-refractivity contribution < 1.29 is 4.79 Å². The van der Waals surface area contributed by atoms with Crippen molar-refractivity contribution in [2.75, 3.05) is 16.2 Å². The van der Waals surface area contributed by atoms with E-state index in [9.17, 15) is 4.79 Å². The van der Waals surface area contributed by atoms with Gasteiger partial charge in [0, 0.05) is 16.9 Å². The summed E-state index contributed by atoms with van der Waals surface area (Å²) in [5, 5.41) is 5.07. The highest BCUT2D eigenvalue weighted by Crippen LogP contribution is 2.33. The van der Waals surface area contributed by atoms with Crippen molar-refractivity contribution in [3.63, 3.8) is 0 Å². The average Bonchev–Trinajstić information content (AvgIpc) is 3.04. The first-order valence-corrected chi connectivity index (χ1v) is 9.18. The highest BCUT2D eigenvalue weighted by Gasteiger charge is 2.18. The molecule has 0 aliphatic rings. The Morgan fingerprint density at radius 2 is 2.00 bits per heavy atom. The fraction of sp³-hybridized carbons (Fsp3) is 0.125. The second-order valence-corrected chi connectivity index (χ2v) is 6.89. The molecule has 0 fully saturated rings. The van der Waals surface area contributed by atoms with Gasteiger partial charge in [0.15, 0.2) is 0 Å². The summed E-state index contributed by atoms with van der Waals surface area (Å²) in [6.45, 7) is 1.82. The van der Waals surface area contributed by atoms with Gasteiger partial charge in [-0.25, -0.2) is 25.8 Å². The lowest BCUT2D eigenvalue weighted by molar-refractivity contribution is -0.116. The summed E-state index contributed by atoms with van der Waals surface area (Å²) in [5.41, 5.74) is 2.19. The zero-order chi connectivity index (χ0) is 18.7. The normalized spacial score (nSPS) is 10.6. The van der Waals surface area contributed by atoms with Crippen LogP contribution in [-0.2, 0) is 4.79 Å². The summed E-state index contributed by atoms with van der Waals surface area (Å²) in [6, 6.07) is 8.98. The predicted molar refractivity (Wildman–Crippen MR) is 105 cm³/mol. The first-order chi connectivity index (χ1) is 12.5. The van der Waals surface area contributed by atoms with Gasteiger partial charge in [0.25, 0.3) is 5.91 Å². The van der Waals surface area contributed by atoms with Crippen LogP contribution in [0.3, 0.4) is 0 Å². The molecule has 0 unspecified atom stereocenters. The number of nitrogens with two attached hydrogens (primary N) is 1. The molecular formula is C16H14Cl2N6OS. The van der Waals surface area contributed by atoms with Crippen LogP contribution < -0.4 is 16.2 Å². The minimum Gasteiger partial charge on any atom is -0.324 e. The molecule has 0 atom stereocenters. The average molecular weight is 409 g/mol. The maximum atomic E-state index is 11.6. The Morgan fingerprint density at radius 3 is 2.69 bits per heavy atom. The molecule has 0 bridgehead atoms. The first kappa shape index (κ1) is 18.5. The van der Waals surface area contributed by atoms with E-state index in [4.69, 9.17) is 29.0 Å². The van der Waals surface area contributed by atoms with Gasteiger partial charge < -0.3 is 5.32 Å². The third-order valence-electron chi connectivity index (χ3n) is 3.36. The van der Waals surface area contributed by atoms with Crippen LogP contribution in [0.4, 0.5) is 16.8 Å². The number of alkyl halides is 1. The maximum absolute atomic E-state index is 11.6. The zero-order valence-corrected chi connectivity index (χ0v) is 15.9. The van der Waals surface area contributed by atoms with Gasteiger partial charge in [-0.05, 0) is 37.3 Å². The van der Waals surface area contributed by atoms with Crippen LogP contribution in [0.15, 0.2) is 36.5 Å². The molecule has 2 aromatic heterocycles. The number of hydrazine groups is 1. The monoisotopic (exact) mass is 408 g/mol. The van der Waals surface area contributed by atoms with E-state index in [0.717, 1.165) is 15.6 Å². The summed E-state index contributed by atoms with van der Waals surface area (Å²) in [5.74, 6) is 5.53. The summed E-state index contributed by atoms with van der Waals surface area (Å²) in [7, 11) is 0. The van der Waals surface area contributed by atoms with Crippen molar-refractivity contribution >= 4 is 57.2 Å². The quantitative estimate of drug-likeness (QED) is 0.288. The van der Waals surface area contributed by atoms with Crippen LogP contribution in [0.2, 0.25) is 5.02 Å². The molecule has 0 aliphatic carbocycles. The molecule has 1 aromatic carbocycles. The number of thiazole rings is 1. The second-order valence-electron chi connectivity index (χ2n) is 5.21. The molecule has 26 heavy (non-hydrogen) atoms. The number of nitrogens with one attached hydrogen (secondary N) is 1. The van der Waals surface area contributed by atoms with Crippen LogP contribution in [0.1, 0.15) is 5.69 Å². The second kappa shape index (κ2) is 7.96. The number of nitrogens with zero attached hydrogens (tertiary/aromatic N) is 4. The molecule has 0 aliphatic heterocycles.